The third-order valence-corrected chi connectivity index (χ3v) is 3.66. The van der Waals surface area contributed by atoms with Crippen LogP contribution in [0.4, 0.5) is 0 Å². The minimum Gasteiger partial charge on any atom is -0.330 e. The zero-order valence-corrected chi connectivity index (χ0v) is 12.2. The first-order valence-electron chi connectivity index (χ1n) is 7.02. The Kier molecular flexibility index (Phi) is 4.23. The van der Waals surface area contributed by atoms with Gasteiger partial charge in [-0.3, -0.25) is 14.5 Å². The smallest absolute Gasteiger partial charge is 0.230 e. The molecule has 0 bridgehead atoms. The van der Waals surface area contributed by atoms with Crippen molar-refractivity contribution in [2.75, 3.05) is 6.54 Å². The summed E-state index contributed by atoms with van der Waals surface area (Å²) >= 11 is 0. The summed E-state index contributed by atoms with van der Waals surface area (Å²) in [5.74, 6) is -0.144. The van der Waals surface area contributed by atoms with E-state index in [-0.39, 0.29) is 17.2 Å². The summed E-state index contributed by atoms with van der Waals surface area (Å²) in [5.41, 5.74) is 7.45. The van der Waals surface area contributed by atoms with Gasteiger partial charge in [0.1, 0.15) is 0 Å². The maximum absolute atomic E-state index is 12.1. The molecule has 0 aliphatic carbocycles. The lowest BCUT2D eigenvalue weighted by Crippen LogP contribution is -2.45. The molecule has 1 fully saturated rings. The quantitative estimate of drug-likeness (QED) is 0.852. The maximum atomic E-state index is 12.1. The molecule has 0 saturated carbocycles. The normalized spacial score (nSPS) is 18.4. The van der Waals surface area contributed by atoms with Gasteiger partial charge in [-0.05, 0) is 29.5 Å². The summed E-state index contributed by atoms with van der Waals surface area (Å²) in [6, 6.07) is 7.94. The van der Waals surface area contributed by atoms with Crippen molar-refractivity contribution in [3.63, 3.8) is 0 Å². The van der Waals surface area contributed by atoms with Gasteiger partial charge in [-0.1, -0.05) is 38.1 Å². The third-order valence-electron chi connectivity index (χ3n) is 3.66. The van der Waals surface area contributed by atoms with Gasteiger partial charge >= 0.3 is 0 Å². The molecule has 0 unspecified atom stereocenters. The molecule has 1 aromatic carbocycles. The van der Waals surface area contributed by atoms with Gasteiger partial charge in [-0.2, -0.15) is 0 Å². The van der Waals surface area contributed by atoms with E-state index in [9.17, 15) is 9.59 Å². The van der Waals surface area contributed by atoms with Crippen LogP contribution in [0.3, 0.4) is 0 Å². The lowest BCUT2D eigenvalue weighted by molar-refractivity contribution is -0.153. The second-order valence-corrected chi connectivity index (χ2v) is 6.25. The van der Waals surface area contributed by atoms with Crippen LogP contribution in [0, 0.1) is 5.41 Å². The number of nitrogens with two attached hydrogens (primary N) is 1. The van der Waals surface area contributed by atoms with Crippen molar-refractivity contribution in [3.05, 3.63) is 35.4 Å². The van der Waals surface area contributed by atoms with Crippen molar-refractivity contribution in [1.82, 2.24) is 4.90 Å². The minimum atomic E-state index is -0.213. The van der Waals surface area contributed by atoms with Crippen molar-refractivity contribution in [1.29, 1.82) is 0 Å². The molecule has 20 heavy (non-hydrogen) atoms. The van der Waals surface area contributed by atoms with E-state index in [1.54, 1.807) is 0 Å². The number of rotatable bonds is 4. The molecular weight excluding hydrogens is 252 g/mol. The summed E-state index contributed by atoms with van der Waals surface area (Å²) in [7, 11) is 0. The fourth-order valence-corrected chi connectivity index (χ4v) is 2.55. The van der Waals surface area contributed by atoms with Gasteiger partial charge in [0.15, 0.2) is 0 Å². The highest BCUT2D eigenvalue weighted by Gasteiger charge is 2.37. The number of amides is 2. The average Bonchev–Trinajstić information content (AvgIpc) is 2.35. The van der Waals surface area contributed by atoms with E-state index in [0.717, 1.165) is 12.0 Å². The summed E-state index contributed by atoms with van der Waals surface area (Å²) in [4.78, 5) is 25.5. The Balaban J connectivity index is 2.06. The molecule has 1 heterocycles. The van der Waals surface area contributed by atoms with Gasteiger partial charge < -0.3 is 5.73 Å². The molecule has 1 aliphatic heterocycles. The van der Waals surface area contributed by atoms with Crippen LogP contribution in [-0.4, -0.2) is 23.3 Å². The number of hydrogen-bond acceptors (Lipinski definition) is 3. The number of nitrogens with zero attached hydrogens (tertiary/aromatic N) is 1. The molecule has 0 radical (unpaired) electrons. The van der Waals surface area contributed by atoms with E-state index in [0.29, 0.717) is 25.9 Å². The number of carbonyl (C=O) groups is 2. The van der Waals surface area contributed by atoms with Crippen LogP contribution >= 0.6 is 0 Å². The molecular formula is C16H22N2O2. The van der Waals surface area contributed by atoms with Crippen LogP contribution in [0.25, 0.3) is 0 Å². The molecule has 1 aromatic rings. The first-order valence-corrected chi connectivity index (χ1v) is 7.02. The summed E-state index contributed by atoms with van der Waals surface area (Å²) in [5, 5.41) is 0. The Bertz CT molecular complexity index is 486. The Labute approximate surface area is 119 Å². The zero-order chi connectivity index (χ0) is 14.8. The average molecular weight is 274 g/mol. The fraction of sp³-hybridized carbons (Fsp3) is 0.500. The van der Waals surface area contributed by atoms with Crippen molar-refractivity contribution >= 4 is 11.8 Å². The monoisotopic (exact) mass is 274 g/mol. The largest absolute Gasteiger partial charge is 0.330 e. The zero-order valence-electron chi connectivity index (χ0n) is 12.2. The number of carbonyl (C=O) groups excluding carboxylic acids is 2. The first-order chi connectivity index (χ1) is 9.41. The van der Waals surface area contributed by atoms with Crippen molar-refractivity contribution in [2.24, 2.45) is 11.1 Å². The highest BCUT2D eigenvalue weighted by Crippen LogP contribution is 2.32. The van der Waals surface area contributed by atoms with Gasteiger partial charge in [0.2, 0.25) is 11.8 Å². The number of hydrogen-bond donors (Lipinski definition) is 1. The molecule has 4 nitrogen and oxygen atoms in total. The second kappa shape index (κ2) is 5.75. The molecule has 0 spiro atoms. The van der Waals surface area contributed by atoms with Crippen LogP contribution in [0.2, 0.25) is 0 Å². The highest BCUT2D eigenvalue weighted by atomic mass is 16.2. The number of benzene rings is 1. The number of piperidine rings is 1. The molecule has 108 valence electrons. The molecule has 1 aliphatic rings. The predicted molar refractivity (Wildman–Crippen MR) is 77.8 cm³/mol. The Morgan fingerprint density at radius 1 is 1.05 bits per heavy atom. The Morgan fingerprint density at radius 3 is 2.05 bits per heavy atom. The molecule has 1 saturated heterocycles. The lowest BCUT2D eigenvalue weighted by Gasteiger charge is -2.34. The van der Waals surface area contributed by atoms with E-state index >= 15 is 0 Å². The predicted octanol–water partition coefficient (Wildman–Crippen LogP) is 1.86. The molecule has 2 amide bonds. The van der Waals surface area contributed by atoms with Crippen LogP contribution in [-0.2, 0) is 22.6 Å². The Hall–Kier alpha value is -1.68. The highest BCUT2D eigenvalue weighted by molar-refractivity contribution is 5.98. The summed E-state index contributed by atoms with van der Waals surface area (Å²) in [6.45, 7) is 4.91. The topological polar surface area (TPSA) is 63.4 Å². The molecule has 0 atom stereocenters. The third kappa shape index (κ3) is 3.45. The van der Waals surface area contributed by atoms with Crippen molar-refractivity contribution in [3.8, 4) is 0 Å². The summed E-state index contributed by atoms with van der Waals surface area (Å²) in [6.07, 6.45) is 1.71. The molecule has 2 N–H and O–H groups in total. The SMILES string of the molecule is CC1(C)CC(=O)N(Cc2ccc(CCN)cc2)C(=O)C1. The number of likely N-dealkylation sites (tertiary alicyclic amines) is 1. The standard InChI is InChI=1S/C16H22N2O2/c1-16(2)9-14(19)18(15(20)10-16)11-13-5-3-12(4-6-13)7-8-17/h3-6H,7-11,17H2,1-2H3. The number of imide groups is 1. The van der Waals surface area contributed by atoms with Gasteiger partial charge in [-0.25, -0.2) is 0 Å². The van der Waals surface area contributed by atoms with Gasteiger partial charge in [-0.15, -0.1) is 0 Å². The Morgan fingerprint density at radius 2 is 1.55 bits per heavy atom. The van der Waals surface area contributed by atoms with Crippen molar-refractivity contribution < 1.29 is 9.59 Å². The van der Waals surface area contributed by atoms with Crippen LogP contribution < -0.4 is 5.73 Å². The van der Waals surface area contributed by atoms with Crippen molar-refractivity contribution in [2.45, 2.75) is 39.7 Å². The minimum absolute atomic E-state index is 0.0720. The van der Waals surface area contributed by atoms with Crippen LogP contribution in [0.5, 0.6) is 0 Å². The van der Waals surface area contributed by atoms with Gasteiger partial charge in [0.05, 0.1) is 6.54 Å². The van der Waals surface area contributed by atoms with E-state index in [2.05, 4.69) is 0 Å². The van der Waals surface area contributed by atoms with E-state index < -0.39 is 0 Å². The second-order valence-electron chi connectivity index (χ2n) is 6.25. The van der Waals surface area contributed by atoms with Crippen LogP contribution in [0.1, 0.15) is 37.8 Å². The molecule has 0 aromatic heterocycles. The van der Waals surface area contributed by atoms with Gasteiger partial charge in [0, 0.05) is 12.8 Å². The first kappa shape index (κ1) is 14.7. The summed E-state index contributed by atoms with van der Waals surface area (Å²) < 4.78 is 0. The van der Waals surface area contributed by atoms with E-state index in [4.69, 9.17) is 5.73 Å². The van der Waals surface area contributed by atoms with E-state index in [1.165, 1.54) is 10.5 Å². The molecule has 2 rings (SSSR count). The fourth-order valence-electron chi connectivity index (χ4n) is 2.55. The van der Waals surface area contributed by atoms with Gasteiger partial charge in [0.25, 0.3) is 0 Å². The maximum Gasteiger partial charge on any atom is 0.230 e. The van der Waals surface area contributed by atoms with E-state index in [1.807, 2.05) is 38.1 Å². The lowest BCUT2D eigenvalue weighted by atomic mass is 9.81. The van der Waals surface area contributed by atoms with Crippen LogP contribution in [0.15, 0.2) is 24.3 Å². The molecule has 4 heteroatoms.